The van der Waals surface area contributed by atoms with E-state index in [1.807, 2.05) is 0 Å². The third kappa shape index (κ3) is 3.79. The summed E-state index contributed by atoms with van der Waals surface area (Å²) >= 11 is 0.883. The molecule has 6 nitrogen and oxygen atoms in total. The van der Waals surface area contributed by atoms with E-state index in [1.165, 1.54) is 14.0 Å². The summed E-state index contributed by atoms with van der Waals surface area (Å²) in [4.78, 5) is 37.0. The SMILES string of the molecule is COCCN1C(=O)S/C(=C/c2ccc(-c3ccc(C(C)=O)cc3)o2)C1=O. The number of carbonyl (C=O) groups excluding carboxylic acids is 3. The molecule has 1 fully saturated rings. The summed E-state index contributed by atoms with van der Waals surface area (Å²) in [6, 6.07) is 10.6. The van der Waals surface area contributed by atoms with E-state index in [0.29, 0.717) is 28.6 Å². The predicted octanol–water partition coefficient (Wildman–Crippen LogP) is 3.83. The first-order valence-corrected chi connectivity index (χ1v) is 8.77. The molecule has 2 amide bonds. The summed E-state index contributed by atoms with van der Waals surface area (Å²) in [6.45, 7) is 2.04. The average Bonchev–Trinajstić information content (AvgIpc) is 3.19. The van der Waals surface area contributed by atoms with Gasteiger partial charge in [0.2, 0.25) is 0 Å². The first-order valence-electron chi connectivity index (χ1n) is 7.95. The van der Waals surface area contributed by atoms with Crippen LogP contribution in [0.15, 0.2) is 45.7 Å². The van der Waals surface area contributed by atoms with Gasteiger partial charge in [0.25, 0.3) is 11.1 Å². The van der Waals surface area contributed by atoms with Gasteiger partial charge in [-0.15, -0.1) is 0 Å². The zero-order valence-corrected chi connectivity index (χ0v) is 15.2. The third-order valence-electron chi connectivity index (χ3n) is 3.87. The fourth-order valence-corrected chi connectivity index (χ4v) is 3.30. The lowest BCUT2D eigenvalue weighted by molar-refractivity contribution is -0.123. The molecule has 0 atom stereocenters. The van der Waals surface area contributed by atoms with Crippen LogP contribution >= 0.6 is 11.8 Å². The fraction of sp³-hybridized carbons (Fsp3) is 0.211. The second kappa shape index (κ2) is 7.72. The summed E-state index contributed by atoms with van der Waals surface area (Å²) < 4.78 is 10.7. The van der Waals surface area contributed by atoms with E-state index < -0.39 is 0 Å². The van der Waals surface area contributed by atoms with Gasteiger partial charge in [0, 0.05) is 24.3 Å². The van der Waals surface area contributed by atoms with E-state index in [0.717, 1.165) is 22.2 Å². The number of thioether (sulfide) groups is 1. The number of Topliss-reactive ketones (excluding diaryl/α,β-unsaturated/α-hetero) is 1. The Labute approximate surface area is 154 Å². The number of nitrogens with zero attached hydrogens (tertiary/aromatic N) is 1. The third-order valence-corrected chi connectivity index (χ3v) is 4.78. The van der Waals surface area contributed by atoms with E-state index in [1.54, 1.807) is 42.5 Å². The maximum absolute atomic E-state index is 12.3. The number of hydrogen-bond acceptors (Lipinski definition) is 6. The molecule has 0 spiro atoms. The Kier molecular flexibility index (Phi) is 5.39. The molecule has 134 valence electrons. The minimum absolute atomic E-state index is 0.000817. The summed E-state index contributed by atoms with van der Waals surface area (Å²) in [7, 11) is 1.52. The highest BCUT2D eigenvalue weighted by atomic mass is 32.2. The molecule has 0 bridgehead atoms. The van der Waals surface area contributed by atoms with Crippen LogP contribution in [0.3, 0.4) is 0 Å². The van der Waals surface area contributed by atoms with Crippen molar-refractivity contribution < 1.29 is 23.5 Å². The van der Waals surface area contributed by atoms with Crippen LogP contribution in [0, 0.1) is 0 Å². The Morgan fingerprint density at radius 1 is 1.19 bits per heavy atom. The number of ketones is 1. The monoisotopic (exact) mass is 371 g/mol. The second-order valence-corrected chi connectivity index (χ2v) is 6.65. The summed E-state index contributed by atoms with van der Waals surface area (Å²) in [6.07, 6.45) is 1.56. The largest absolute Gasteiger partial charge is 0.457 e. The highest BCUT2D eigenvalue weighted by Gasteiger charge is 2.34. The quantitative estimate of drug-likeness (QED) is 0.567. The van der Waals surface area contributed by atoms with Crippen LogP contribution in [0.25, 0.3) is 17.4 Å². The van der Waals surface area contributed by atoms with Crippen molar-refractivity contribution >= 4 is 34.8 Å². The van der Waals surface area contributed by atoms with Gasteiger partial charge in [0.15, 0.2) is 5.78 Å². The molecule has 0 unspecified atom stereocenters. The molecule has 1 aromatic carbocycles. The lowest BCUT2D eigenvalue weighted by atomic mass is 10.1. The molecule has 0 saturated carbocycles. The summed E-state index contributed by atoms with van der Waals surface area (Å²) in [5, 5.41) is -0.315. The molecule has 26 heavy (non-hydrogen) atoms. The van der Waals surface area contributed by atoms with Gasteiger partial charge in [-0.25, -0.2) is 0 Å². The number of amides is 2. The van der Waals surface area contributed by atoms with Crippen molar-refractivity contribution in [1.82, 2.24) is 4.90 Å². The minimum atomic E-state index is -0.346. The maximum Gasteiger partial charge on any atom is 0.293 e. The van der Waals surface area contributed by atoms with E-state index in [9.17, 15) is 14.4 Å². The highest BCUT2D eigenvalue weighted by Crippen LogP contribution is 2.33. The number of rotatable bonds is 6. The number of furan rings is 1. The number of methoxy groups -OCH3 is 1. The molecule has 7 heteroatoms. The van der Waals surface area contributed by atoms with Crippen molar-refractivity contribution in [1.29, 1.82) is 0 Å². The first-order chi connectivity index (χ1) is 12.5. The topological polar surface area (TPSA) is 76.8 Å². The van der Waals surface area contributed by atoms with Crippen LogP contribution in [0.2, 0.25) is 0 Å². The smallest absolute Gasteiger partial charge is 0.293 e. The van der Waals surface area contributed by atoms with Crippen LogP contribution in [0.4, 0.5) is 4.79 Å². The predicted molar refractivity (Wildman–Crippen MR) is 98.7 cm³/mol. The maximum atomic E-state index is 12.3. The fourth-order valence-electron chi connectivity index (χ4n) is 2.46. The van der Waals surface area contributed by atoms with Crippen LogP contribution in [-0.4, -0.2) is 42.1 Å². The molecule has 0 N–H and O–H groups in total. The number of carbonyl (C=O) groups is 3. The number of benzene rings is 1. The molecular weight excluding hydrogens is 354 g/mol. The second-order valence-electron chi connectivity index (χ2n) is 5.66. The number of imide groups is 1. The van der Waals surface area contributed by atoms with Crippen molar-refractivity contribution in [3.05, 3.63) is 52.6 Å². The molecule has 2 aromatic rings. The minimum Gasteiger partial charge on any atom is -0.457 e. The molecule has 1 saturated heterocycles. The molecule has 1 aliphatic heterocycles. The lowest BCUT2D eigenvalue weighted by Crippen LogP contribution is -2.31. The molecular formula is C19H17NO5S. The van der Waals surface area contributed by atoms with Crippen molar-refractivity contribution in [2.24, 2.45) is 0 Å². The van der Waals surface area contributed by atoms with E-state index in [-0.39, 0.29) is 23.5 Å². The van der Waals surface area contributed by atoms with Crippen molar-refractivity contribution in [2.75, 3.05) is 20.3 Å². The van der Waals surface area contributed by atoms with Crippen molar-refractivity contribution in [3.8, 4) is 11.3 Å². The van der Waals surface area contributed by atoms with Crippen molar-refractivity contribution in [2.45, 2.75) is 6.92 Å². The average molecular weight is 371 g/mol. The van der Waals surface area contributed by atoms with Gasteiger partial charge in [-0.3, -0.25) is 19.3 Å². The molecule has 0 radical (unpaired) electrons. The molecule has 0 aliphatic carbocycles. The van der Waals surface area contributed by atoms with Crippen LogP contribution < -0.4 is 0 Å². The van der Waals surface area contributed by atoms with Gasteiger partial charge in [0.1, 0.15) is 11.5 Å². The van der Waals surface area contributed by atoms with Gasteiger partial charge in [-0.2, -0.15) is 0 Å². The molecule has 1 aromatic heterocycles. The Morgan fingerprint density at radius 2 is 1.92 bits per heavy atom. The van der Waals surface area contributed by atoms with Gasteiger partial charge >= 0.3 is 0 Å². The standard InChI is InChI=1S/C19H17NO5S/c1-12(21)13-3-5-14(6-4-13)16-8-7-15(25-16)11-17-18(22)20(9-10-24-2)19(23)26-17/h3-8,11H,9-10H2,1-2H3/b17-11+. The van der Waals surface area contributed by atoms with Gasteiger partial charge < -0.3 is 9.15 Å². The summed E-state index contributed by atoms with van der Waals surface area (Å²) in [5.74, 6) is 0.750. The van der Waals surface area contributed by atoms with Gasteiger partial charge in [-0.05, 0) is 30.8 Å². The number of hydrogen-bond donors (Lipinski definition) is 0. The molecule has 3 rings (SSSR count). The van der Waals surface area contributed by atoms with E-state index in [4.69, 9.17) is 9.15 Å². The van der Waals surface area contributed by atoms with Gasteiger partial charge in [-0.1, -0.05) is 24.3 Å². The number of ether oxygens (including phenoxy) is 1. The Balaban J connectivity index is 1.78. The molecule has 1 aliphatic rings. The zero-order chi connectivity index (χ0) is 18.7. The zero-order valence-electron chi connectivity index (χ0n) is 14.4. The Bertz CT molecular complexity index is 882. The Hall–Kier alpha value is -2.64. The highest BCUT2D eigenvalue weighted by molar-refractivity contribution is 8.18. The van der Waals surface area contributed by atoms with Gasteiger partial charge in [0.05, 0.1) is 18.1 Å². The molecule has 2 heterocycles. The van der Waals surface area contributed by atoms with Crippen molar-refractivity contribution in [3.63, 3.8) is 0 Å². The lowest BCUT2D eigenvalue weighted by Gasteiger charge is -2.10. The first kappa shape index (κ1) is 18.2. The van der Waals surface area contributed by atoms with Crippen LogP contribution in [-0.2, 0) is 9.53 Å². The Morgan fingerprint density at radius 3 is 2.58 bits per heavy atom. The van der Waals surface area contributed by atoms with E-state index >= 15 is 0 Å². The normalized spacial score (nSPS) is 15.9. The van der Waals surface area contributed by atoms with Crippen LogP contribution in [0.1, 0.15) is 23.0 Å². The van der Waals surface area contributed by atoms with Crippen LogP contribution in [0.5, 0.6) is 0 Å². The summed E-state index contributed by atoms with van der Waals surface area (Å²) in [5.41, 5.74) is 1.45. The van der Waals surface area contributed by atoms with E-state index in [2.05, 4.69) is 0 Å².